The highest BCUT2D eigenvalue weighted by Gasteiger charge is 2.28. The van der Waals surface area contributed by atoms with Gasteiger partial charge in [0.25, 0.3) is 0 Å². The number of rotatable bonds is 6. The largest absolute Gasteiger partial charge is 0.326 e. The zero-order valence-corrected chi connectivity index (χ0v) is 12.6. The Hall–Kier alpha value is -0.870. The molecule has 2 atom stereocenters. The Morgan fingerprint density at radius 3 is 2.74 bits per heavy atom. The third-order valence-electron chi connectivity index (χ3n) is 4.17. The molecule has 2 N–H and O–H groups in total. The number of nitrogens with zero attached hydrogens (tertiary/aromatic N) is 3. The van der Waals surface area contributed by atoms with Gasteiger partial charge in [0.15, 0.2) is 0 Å². The Labute approximate surface area is 117 Å². The molecule has 2 rings (SSSR count). The molecule has 4 nitrogen and oxygen atoms in total. The van der Waals surface area contributed by atoms with Crippen LogP contribution in [0.3, 0.4) is 0 Å². The fourth-order valence-electron chi connectivity index (χ4n) is 3.19. The average Bonchev–Trinajstić information content (AvgIpc) is 2.84. The van der Waals surface area contributed by atoms with Gasteiger partial charge < -0.3 is 10.6 Å². The van der Waals surface area contributed by atoms with E-state index in [4.69, 9.17) is 5.73 Å². The van der Waals surface area contributed by atoms with Gasteiger partial charge in [0.2, 0.25) is 0 Å². The molecule has 0 amide bonds. The molecule has 2 heterocycles. The van der Waals surface area contributed by atoms with Crippen LogP contribution in [0.4, 0.5) is 0 Å². The molecule has 0 aliphatic carbocycles. The van der Waals surface area contributed by atoms with E-state index < -0.39 is 0 Å². The SMILES string of the molecule is CCC[C@H]1CN(CCCn2nc(C)cc2C)C[C@@H]1N. The van der Waals surface area contributed by atoms with Crippen molar-refractivity contribution in [2.75, 3.05) is 19.6 Å². The van der Waals surface area contributed by atoms with Gasteiger partial charge in [-0.3, -0.25) is 4.68 Å². The highest BCUT2D eigenvalue weighted by Crippen LogP contribution is 2.20. The molecule has 0 radical (unpaired) electrons. The Bertz CT molecular complexity index is 399. The summed E-state index contributed by atoms with van der Waals surface area (Å²) in [5, 5.41) is 4.51. The van der Waals surface area contributed by atoms with Crippen molar-refractivity contribution in [3.8, 4) is 0 Å². The molecule has 0 unspecified atom stereocenters. The minimum absolute atomic E-state index is 0.383. The second-order valence-corrected chi connectivity index (χ2v) is 5.98. The molecule has 4 heteroatoms. The Balaban J connectivity index is 1.73. The van der Waals surface area contributed by atoms with Crippen LogP contribution in [0, 0.1) is 19.8 Å². The van der Waals surface area contributed by atoms with Crippen LogP contribution in [0.2, 0.25) is 0 Å². The Kier molecular flexibility index (Phi) is 4.99. The number of aryl methyl sites for hydroxylation is 3. The molecule has 19 heavy (non-hydrogen) atoms. The molecule has 1 aromatic rings. The fraction of sp³-hybridized carbons (Fsp3) is 0.800. The van der Waals surface area contributed by atoms with Gasteiger partial charge in [-0.2, -0.15) is 5.10 Å². The van der Waals surface area contributed by atoms with Crippen molar-refractivity contribution in [1.82, 2.24) is 14.7 Å². The number of hydrogen-bond donors (Lipinski definition) is 1. The number of aromatic nitrogens is 2. The molecule has 0 saturated carbocycles. The summed E-state index contributed by atoms with van der Waals surface area (Å²) < 4.78 is 2.12. The number of nitrogens with two attached hydrogens (primary N) is 1. The molecule has 0 aromatic carbocycles. The van der Waals surface area contributed by atoms with Crippen LogP contribution in [0.25, 0.3) is 0 Å². The maximum atomic E-state index is 6.21. The van der Waals surface area contributed by atoms with Crippen molar-refractivity contribution in [3.05, 3.63) is 17.5 Å². The average molecular weight is 264 g/mol. The van der Waals surface area contributed by atoms with Gasteiger partial charge in [0.05, 0.1) is 5.69 Å². The first-order valence-corrected chi connectivity index (χ1v) is 7.59. The third-order valence-corrected chi connectivity index (χ3v) is 4.17. The zero-order valence-electron chi connectivity index (χ0n) is 12.6. The molecule has 1 aromatic heterocycles. The molecular formula is C15H28N4. The summed E-state index contributed by atoms with van der Waals surface area (Å²) in [5.41, 5.74) is 8.58. The van der Waals surface area contributed by atoms with E-state index in [-0.39, 0.29) is 0 Å². The van der Waals surface area contributed by atoms with Gasteiger partial charge in [-0.05, 0) is 45.2 Å². The molecule has 0 bridgehead atoms. The lowest BCUT2D eigenvalue weighted by atomic mass is 9.99. The first kappa shape index (κ1) is 14.5. The topological polar surface area (TPSA) is 47.1 Å². The summed E-state index contributed by atoms with van der Waals surface area (Å²) in [6.07, 6.45) is 3.68. The van der Waals surface area contributed by atoms with Gasteiger partial charge in [-0.15, -0.1) is 0 Å². The van der Waals surface area contributed by atoms with E-state index in [9.17, 15) is 0 Å². The van der Waals surface area contributed by atoms with Gasteiger partial charge in [-0.25, -0.2) is 0 Å². The Morgan fingerprint density at radius 1 is 1.32 bits per heavy atom. The van der Waals surface area contributed by atoms with E-state index in [1.165, 1.54) is 25.1 Å². The van der Waals surface area contributed by atoms with Crippen LogP contribution >= 0.6 is 0 Å². The quantitative estimate of drug-likeness (QED) is 0.854. The summed E-state index contributed by atoms with van der Waals surface area (Å²) in [7, 11) is 0. The van der Waals surface area contributed by atoms with Crippen molar-refractivity contribution in [2.45, 2.75) is 52.6 Å². The van der Waals surface area contributed by atoms with Crippen molar-refractivity contribution in [2.24, 2.45) is 11.7 Å². The monoisotopic (exact) mass is 264 g/mol. The fourth-order valence-corrected chi connectivity index (χ4v) is 3.19. The normalized spacial score (nSPS) is 24.2. The Morgan fingerprint density at radius 2 is 2.11 bits per heavy atom. The summed E-state index contributed by atoms with van der Waals surface area (Å²) in [6.45, 7) is 10.9. The summed E-state index contributed by atoms with van der Waals surface area (Å²) in [6, 6.07) is 2.52. The van der Waals surface area contributed by atoms with E-state index in [0.717, 1.165) is 31.7 Å². The van der Waals surface area contributed by atoms with Crippen molar-refractivity contribution >= 4 is 0 Å². The standard InChI is InChI=1S/C15H28N4/c1-4-6-14-10-18(11-15(14)16)7-5-8-19-13(3)9-12(2)17-19/h9,14-15H,4-8,10-11,16H2,1-3H3/t14-,15-/m0/s1. The molecule has 0 spiro atoms. The molecule has 1 saturated heterocycles. The molecule has 108 valence electrons. The maximum absolute atomic E-state index is 6.21. The van der Waals surface area contributed by atoms with Gasteiger partial charge >= 0.3 is 0 Å². The first-order chi connectivity index (χ1) is 9.10. The van der Waals surface area contributed by atoms with E-state index in [0.29, 0.717) is 12.0 Å². The number of likely N-dealkylation sites (tertiary alicyclic amines) is 1. The zero-order chi connectivity index (χ0) is 13.8. The van der Waals surface area contributed by atoms with Gasteiger partial charge in [0.1, 0.15) is 0 Å². The lowest BCUT2D eigenvalue weighted by Crippen LogP contribution is -2.30. The number of hydrogen-bond acceptors (Lipinski definition) is 3. The summed E-state index contributed by atoms with van der Waals surface area (Å²) in [5.74, 6) is 0.707. The minimum atomic E-state index is 0.383. The maximum Gasteiger partial charge on any atom is 0.0596 e. The predicted octanol–water partition coefficient (Wildman–Crippen LogP) is 1.95. The van der Waals surface area contributed by atoms with E-state index in [1.54, 1.807) is 0 Å². The van der Waals surface area contributed by atoms with Crippen LogP contribution in [-0.4, -0.2) is 40.4 Å². The highest BCUT2D eigenvalue weighted by molar-refractivity contribution is 5.06. The molecule has 1 fully saturated rings. The second kappa shape index (κ2) is 6.53. The van der Waals surface area contributed by atoms with Gasteiger partial charge in [0, 0.05) is 31.4 Å². The van der Waals surface area contributed by atoms with Crippen LogP contribution < -0.4 is 5.73 Å². The first-order valence-electron chi connectivity index (χ1n) is 7.59. The van der Waals surface area contributed by atoms with Crippen LogP contribution in [-0.2, 0) is 6.54 Å². The van der Waals surface area contributed by atoms with E-state index in [2.05, 4.69) is 41.5 Å². The van der Waals surface area contributed by atoms with Crippen molar-refractivity contribution in [1.29, 1.82) is 0 Å². The summed E-state index contributed by atoms with van der Waals surface area (Å²) >= 11 is 0. The van der Waals surface area contributed by atoms with Gasteiger partial charge in [-0.1, -0.05) is 13.3 Å². The smallest absolute Gasteiger partial charge is 0.0596 e. The lowest BCUT2D eigenvalue weighted by molar-refractivity contribution is 0.305. The highest BCUT2D eigenvalue weighted by atomic mass is 15.3. The predicted molar refractivity (Wildman–Crippen MR) is 79.1 cm³/mol. The lowest BCUT2D eigenvalue weighted by Gasteiger charge is -2.15. The summed E-state index contributed by atoms with van der Waals surface area (Å²) in [4.78, 5) is 2.52. The van der Waals surface area contributed by atoms with Crippen LogP contribution in [0.15, 0.2) is 6.07 Å². The van der Waals surface area contributed by atoms with Crippen LogP contribution in [0.1, 0.15) is 37.6 Å². The second-order valence-electron chi connectivity index (χ2n) is 5.98. The van der Waals surface area contributed by atoms with E-state index >= 15 is 0 Å². The third kappa shape index (κ3) is 3.80. The molecule has 1 aliphatic rings. The van der Waals surface area contributed by atoms with E-state index in [1.807, 2.05) is 0 Å². The van der Waals surface area contributed by atoms with Crippen LogP contribution in [0.5, 0.6) is 0 Å². The molecular weight excluding hydrogens is 236 g/mol. The van der Waals surface area contributed by atoms with Crippen molar-refractivity contribution in [3.63, 3.8) is 0 Å². The van der Waals surface area contributed by atoms with Crippen molar-refractivity contribution < 1.29 is 0 Å². The minimum Gasteiger partial charge on any atom is -0.326 e. The molecule has 1 aliphatic heterocycles.